The van der Waals surface area contributed by atoms with E-state index < -0.39 is 89.3 Å². The van der Waals surface area contributed by atoms with Gasteiger partial charge in [-0.15, -0.1) is 0 Å². The standard InChI is InChI=1S/C81H147IO15SSi5/c1-31-56-33-41-70(98(83)84)62(49-56)60(64-39-40-65-73(92-64)75(96-102(27,28)80(14,15)16)76(97-103(29,30)81(17,18)19)74(93-65)66(43-44-82)95-101(25,26)79(11,12)13)36-37-61-68(91-69(72(61)85-20)50-59(94-100(23,24)78(8,9)10)52-88-99(21,22)77(5,6)7)51-67-55(4)53(2)47-57(90-67)34-38-63-54(3)48-58(89-63)35-42-71-86-45-32-46-87-71/h33,41,43-44,49,53,57-61,63-69,71-76H,3-4,31-32,34-40,42,45-48,50-52H2,1-2,5-30H3,(H,83,84)/p-1/b44-43+/t53-,57+,58+,59+,60?,61?,63+,64-,65+,66?,67-,68+,69-,72-,73+,74+,75?,76?/m1/s1. The summed E-state index contributed by atoms with van der Waals surface area (Å²) in [4.78, 5) is 0.294. The molecule has 6 heterocycles. The molecular weight excluding hydrogens is 1510 g/mol. The molecule has 6 saturated heterocycles. The van der Waals surface area contributed by atoms with E-state index >= 15 is 0 Å². The fourth-order valence-corrected chi connectivity index (χ4v) is 22.0. The zero-order valence-corrected chi connectivity index (χ0v) is 77.7. The van der Waals surface area contributed by atoms with Crippen molar-refractivity contribution in [1.29, 1.82) is 0 Å². The molecule has 0 amide bonds. The first kappa shape index (κ1) is 90.0. The summed E-state index contributed by atoms with van der Waals surface area (Å²) in [5.41, 5.74) is 4.07. The Morgan fingerprint density at radius 1 is 0.670 bits per heavy atom. The number of hydrogen-bond donors (Lipinski definition) is 0. The largest absolute Gasteiger partial charge is 0.768 e. The van der Waals surface area contributed by atoms with Crippen LogP contribution in [0.5, 0.6) is 0 Å². The van der Waals surface area contributed by atoms with E-state index in [4.69, 9.17) is 66.6 Å². The Labute approximate surface area is 648 Å². The van der Waals surface area contributed by atoms with E-state index in [1.165, 1.54) is 0 Å². The van der Waals surface area contributed by atoms with Crippen LogP contribution in [0.25, 0.3) is 0 Å². The summed E-state index contributed by atoms with van der Waals surface area (Å²) < 4.78 is 124. The molecule has 0 N–H and O–H groups in total. The first-order valence-electron chi connectivity index (χ1n) is 39.6. The van der Waals surface area contributed by atoms with Gasteiger partial charge in [-0.2, -0.15) is 0 Å². The Morgan fingerprint density at radius 3 is 1.81 bits per heavy atom. The molecular formula is C81H146IO15SSi5-. The summed E-state index contributed by atoms with van der Waals surface area (Å²) in [5.74, 6) is -0.312. The number of halogens is 1. The highest BCUT2D eigenvalue weighted by Crippen LogP contribution is 2.52. The molecule has 0 aromatic heterocycles. The van der Waals surface area contributed by atoms with Crippen molar-refractivity contribution in [2.75, 3.05) is 26.9 Å². The van der Waals surface area contributed by atoms with Gasteiger partial charge >= 0.3 is 0 Å². The molecule has 6 unspecified atom stereocenters. The normalized spacial score (nSPS) is 30.8. The summed E-state index contributed by atoms with van der Waals surface area (Å²) in [6.07, 6.45) is 7.48. The summed E-state index contributed by atoms with van der Waals surface area (Å²) in [7, 11) is -10.4. The zero-order chi connectivity index (χ0) is 77.2. The molecule has 6 aliphatic heterocycles. The maximum atomic E-state index is 13.9. The average molecular weight is 1660 g/mol. The van der Waals surface area contributed by atoms with Crippen LogP contribution in [-0.4, -0.2) is 175 Å². The summed E-state index contributed by atoms with van der Waals surface area (Å²) in [6.45, 7) is 73.4. The van der Waals surface area contributed by atoms with Gasteiger partial charge in [-0.3, -0.25) is 4.21 Å². The lowest BCUT2D eigenvalue weighted by molar-refractivity contribution is -0.268. The molecule has 1 aromatic carbocycles. The van der Waals surface area contributed by atoms with Gasteiger partial charge < -0.3 is 64.6 Å². The van der Waals surface area contributed by atoms with Gasteiger partial charge in [0.15, 0.2) is 47.9 Å². The molecule has 7 rings (SSSR count). The van der Waals surface area contributed by atoms with Crippen LogP contribution < -0.4 is 0 Å². The highest BCUT2D eigenvalue weighted by atomic mass is 127. The summed E-state index contributed by atoms with van der Waals surface area (Å²) in [6, 6.07) is 5.91. The topological polar surface area (TPSA) is 160 Å². The van der Waals surface area contributed by atoms with Crippen molar-refractivity contribution in [2.45, 2.75) is 407 Å². The van der Waals surface area contributed by atoms with Crippen LogP contribution in [0.2, 0.25) is 90.7 Å². The second-order valence-electron chi connectivity index (χ2n) is 39.2. The predicted molar refractivity (Wildman–Crippen MR) is 441 cm³/mol. The van der Waals surface area contributed by atoms with E-state index in [1.807, 2.05) is 19.2 Å². The van der Waals surface area contributed by atoms with Gasteiger partial charge in [-0.05, 0) is 217 Å². The molecule has 103 heavy (non-hydrogen) atoms. The monoisotopic (exact) mass is 1660 g/mol. The number of methoxy groups -OCH3 is 1. The Hall–Kier alpha value is -0.156. The second-order valence-corrected chi connectivity index (χ2v) is 64.7. The number of aryl methyl sites for hydroxylation is 1. The number of ether oxygens (including phenoxy) is 8. The highest BCUT2D eigenvalue weighted by Gasteiger charge is 2.59. The Morgan fingerprint density at radius 2 is 1.24 bits per heavy atom. The maximum Gasteiger partial charge on any atom is 0.193 e. The van der Waals surface area contributed by atoms with E-state index in [2.05, 4.69) is 229 Å². The summed E-state index contributed by atoms with van der Waals surface area (Å²) >= 11 is -0.225. The molecule has 1 aromatic rings. The summed E-state index contributed by atoms with van der Waals surface area (Å²) in [5, 5.41) is -0.446. The zero-order valence-electron chi connectivity index (χ0n) is 69.7. The Kier molecular flexibility index (Phi) is 31.4. The van der Waals surface area contributed by atoms with E-state index in [1.54, 1.807) is 0 Å². The first-order valence-corrected chi connectivity index (χ1v) is 56.5. The van der Waals surface area contributed by atoms with Crippen LogP contribution in [0.3, 0.4) is 0 Å². The predicted octanol–water partition coefficient (Wildman–Crippen LogP) is 20.8. The van der Waals surface area contributed by atoms with Crippen molar-refractivity contribution in [3.05, 3.63) is 63.8 Å². The van der Waals surface area contributed by atoms with Crippen LogP contribution in [0.15, 0.2) is 57.6 Å². The molecule has 0 aliphatic carbocycles. The minimum Gasteiger partial charge on any atom is -0.768 e. The van der Waals surface area contributed by atoms with Gasteiger partial charge in [0.25, 0.3) is 0 Å². The third-order valence-electron chi connectivity index (χ3n) is 26.6. The molecule has 0 spiro atoms. The highest BCUT2D eigenvalue weighted by molar-refractivity contribution is 14.1. The van der Waals surface area contributed by atoms with Crippen molar-refractivity contribution >= 4 is 75.3 Å². The fraction of sp³-hybridized carbons (Fsp3) is 0.852. The SMILES string of the molecule is C=C1C[C@H](CCC2OCCCO2)O[C@H]1CC[C@H]1C[C@@H](C)C(=C)[C@@H](C[C@@H]2O[C@H](C[C@@H](CO[Si](C)(C)C(C)(C)C)O[Si](C)(C)C(C)(C)C)[C@H](OC)C2CCC(c2cc(CC)ccc2S(=O)[O-])[C@H]2CC[C@@H]3O[C@@H](C(/C=C/I)O[Si](C)(C)C(C)(C)C)C(O[Si](C)(C)C(C)(C)C)C(O[Si](C)(C)C(C)(C)C)[C@H]3O2)O1. The molecule has 594 valence electrons. The molecule has 6 fully saturated rings. The lowest BCUT2D eigenvalue weighted by Crippen LogP contribution is -2.69. The average Bonchev–Trinajstić information content (AvgIpc) is 1.22. The van der Waals surface area contributed by atoms with E-state index in [9.17, 15) is 8.76 Å². The minimum absolute atomic E-state index is 0.00395. The van der Waals surface area contributed by atoms with E-state index in [0.29, 0.717) is 50.0 Å². The number of benzene rings is 1. The molecule has 0 bridgehead atoms. The van der Waals surface area contributed by atoms with Gasteiger partial charge in [-0.25, -0.2) is 0 Å². The molecule has 19 atom stereocenters. The van der Waals surface area contributed by atoms with Crippen LogP contribution in [0.4, 0.5) is 0 Å². The quantitative estimate of drug-likeness (QED) is 0.0299. The number of hydrogen-bond acceptors (Lipinski definition) is 15. The van der Waals surface area contributed by atoms with Gasteiger partial charge in [-0.1, -0.05) is 166 Å². The lowest BCUT2D eigenvalue weighted by Gasteiger charge is -2.56. The van der Waals surface area contributed by atoms with Crippen LogP contribution in [-0.2, 0) is 77.5 Å². The number of fused-ring (bicyclic) bond motifs is 1. The molecule has 0 saturated carbocycles. The molecule has 22 heteroatoms. The Balaban J connectivity index is 1.31. The maximum absolute atomic E-state index is 13.9. The van der Waals surface area contributed by atoms with E-state index in [0.717, 1.165) is 86.9 Å². The van der Waals surface area contributed by atoms with Crippen molar-refractivity contribution in [1.82, 2.24) is 0 Å². The van der Waals surface area contributed by atoms with Crippen LogP contribution in [0.1, 0.15) is 218 Å². The van der Waals surface area contributed by atoms with Gasteiger partial charge in [0.2, 0.25) is 0 Å². The second kappa shape index (κ2) is 35.9. The van der Waals surface area contributed by atoms with Crippen LogP contribution >= 0.6 is 22.6 Å². The van der Waals surface area contributed by atoms with Gasteiger partial charge in [0.1, 0.15) is 24.4 Å². The van der Waals surface area contributed by atoms with Gasteiger partial charge in [0.05, 0.1) is 87.0 Å². The number of rotatable bonds is 31. The van der Waals surface area contributed by atoms with E-state index in [-0.39, 0.29) is 104 Å². The third kappa shape index (κ3) is 22.8. The fourth-order valence-electron chi connectivity index (χ4n) is 14.7. The lowest BCUT2D eigenvalue weighted by atomic mass is 9.77. The van der Waals surface area contributed by atoms with Gasteiger partial charge in [0, 0.05) is 43.1 Å². The third-order valence-corrected chi connectivity index (χ3v) is 50.2. The minimum atomic E-state index is -2.62. The first-order chi connectivity index (χ1) is 47.4. The smallest absolute Gasteiger partial charge is 0.193 e. The van der Waals surface area contributed by atoms with Crippen molar-refractivity contribution < 1.29 is 68.8 Å². The molecule has 0 radical (unpaired) electrons. The van der Waals surface area contributed by atoms with Crippen molar-refractivity contribution in [3.8, 4) is 0 Å². The Bertz CT molecular complexity index is 2960. The molecule has 6 aliphatic rings. The van der Waals surface area contributed by atoms with Crippen molar-refractivity contribution in [2.24, 2.45) is 11.8 Å². The van der Waals surface area contributed by atoms with Crippen molar-refractivity contribution in [3.63, 3.8) is 0 Å². The molecule has 15 nitrogen and oxygen atoms in total. The van der Waals surface area contributed by atoms with Crippen LogP contribution in [0, 0.1) is 11.8 Å².